The minimum atomic E-state index is -3.78. The summed E-state index contributed by atoms with van der Waals surface area (Å²) in [5, 5.41) is 21.1. The molecule has 1 amide bonds. The molecule has 1 aliphatic heterocycles. The van der Waals surface area contributed by atoms with Crippen LogP contribution in [0.1, 0.15) is 45.8 Å². The zero-order chi connectivity index (χ0) is 20.2. The zero-order valence-electron chi connectivity index (χ0n) is 15.3. The van der Waals surface area contributed by atoms with Crippen LogP contribution >= 0.6 is 0 Å². The van der Waals surface area contributed by atoms with Gasteiger partial charge < -0.3 is 20.3 Å². The predicted molar refractivity (Wildman–Crippen MR) is 92.4 cm³/mol. The van der Waals surface area contributed by atoms with Crippen molar-refractivity contribution in [2.45, 2.75) is 63.9 Å². The number of alkyl halides is 2. The number of aromatic nitrogens is 2. The number of amides is 1. The molecule has 2 unspecified atom stereocenters. The molecule has 1 aliphatic rings. The van der Waals surface area contributed by atoms with Crippen molar-refractivity contribution in [3.63, 3.8) is 0 Å². The second kappa shape index (κ2) is 8.85. The van der Waals surface area contributed by atoms with E-state index in [-0.39, 0.29) is 17.6 Å². The monoisotopic (exact) mass is 389 g/mol. The normalized spacial score (nSPS) is 24.3. The van der Waals surface area contributed by atoms with Crippen LogP contribution in [-0.4, -0.2) is 50.4 Å². The van der Waals surface area contributed by atoms with Gasteiger partial charge >= 0.3 is 11.6 Å². The number of nitrogens with one attached hydrogen (secondary N) is 1. The average molecular weight is 389 g/mol. The number of ether oxygens (including phenoxy) is 1. The summed E-state index contributed by atoms with van der Waals surface area (Å²) in [7, 11) is 0. The zero-order valence-corrected chi connectivity index (χ0v) is 15.3. The van der Waals surface area contributed by atoms with E-state index in [0.717, 1.165) is 19.0 Å². The smallest absolute Gasteiger partial charge is 0.351 e. The Balaban J connectivity index is 2.18. The number of aliphatic hydroxyl groups is 2. The molecule has 0 saturated carbocycles. The Hall–Kier alpha value is -1.91. The fourth-order valence-corrected chi connectivity index (χ4v) is 3.11. The first-order chi connectivity index (χ1) is 12.8. The van der Waals surface area contributed by atoms with Gasteiger partial charge in [-0.15, -0.1) is 0 Å². The molecule has 1 saturated heterocycles. The van der Waals surface area contributed by atoms with Gasteiger partial charge in [-0.2, -0.15) is 13.8 Å². The van der Waals surface area contributed by atoms with Crippen LogP contribution in [0, 0.1) is 5.92 Å². The Morgan fingerprint density at radius 1 is 1.41 bits per heavy atom. The maximum atomic E-state index is 14.1. The molecule has 3 N–H and O–H groups in total. The molecule has 10 heteroatoms. The number of carbonyl (C=O) groups is 1. The summed E-state index contributed by atoms with van der Waals surface area (Å²) >= 11 is 0. The van der Waals surface area contributed by atoms with Crippen molar-refractivity contribution in [1.29, 1.82) is 0 Å². The van der Waals surface area contributed by atoms with E-state index in [1.807, 2.05) is 13.8 Å². The number of anilines is 1. The molecule has 3 atom stereocenters. The highest BCUT2D eigenvalue weighted by atomic mass is 19.3. The molecule has 152 valence electrons. The Morgan fingerprint density at radius 3 is 2.52 bits per heavy atom. The molecule has 1 aromatic heterocycles. The van der Waals surface area contributed by atoms with Crippen molar-refractivity contribution >= 4 is 11.7 Å². The summed E-state index contributed by atoms with van der Waals surface area (Å²) in [4.78, 5) is 28.1. The minimum absolute atomic E-state index is 0.0426. The van der Waals surface area contributed by atoms with Crippen LogP contribution in [0.25, 0.3) is 0 Å². The minimum Gasteiger partial charge on any atom is -0.394 e. The van der Waals surface area contributed by atoms with Crippen LogP contribution in [0.2, 0.25) is 0 Å². The first-order valence-electron chi connectivity index (χ1n) is 8.98. The number of carbonyl (C=O) groups excluding carboxylic acids is 1. The van der Waals surface area contributed by atoms with Gasteiger partial charge in [-0.25, -0.2) is 4.79 Å². The van der Waals surface area contributed by atoms with Gasteiger partial charge in [0.2, 0.25) is 12.1 Å². The predicted octanol–water partition coefficient (Wildman–Crippen LogP) is 1.28. The fourth-order valence-electron chi connectivity index (χ4n) is 3.11. The summed E-state index contributed by atoms with van der Waals surface area (Å²) in [5.41, 5.74) is -1.06. The summed E-state index contributed by atoms with van der Waals surface area (Å²) in [6.07, 6.45) is -1.79. The van der Waals surface area contributed by atoms with Crippen molar-refractivity contribution < 1.29 is 28.5 Å². The molecule has 0 bridgehead atoms. The number of hydrogen-bond donors (Lipinski definition) is 3. The van der Waals surface area contributed by atoms with E-state index in [0.29, 0.717) is 17.4 Å². The lowest BCUT2D eigenvalue weighted by Crippen LogP contribution is -2.41. The topological polar surface area (TPSA) is 114 Å². The van der Waals surface area contributed by atoms with E-state index >= 15 is 0 Å². The number of nitrogens with zero attached hydrogens (tertiary/aromatic N) is 2. The lowest BCUT2D eigenvalue weighted by atomic mass is 9.97. The molecule has 1 aromatic rings. The van der Waals surface area contributed by atoms with Crippen molar-refractivity contribution in [3.8, 4) is 0 Å². The summed E-state index contributed by atoms with van der Waals surface area (Å²) < 4.78 is 33.7. The third-order valence-electron chi connectivity index (χ3n) is 4.54. The van der Waals surface area contributed by atoms with E-state index in [4.69, 9.17) is 9.84 Å². The standard InChI is InChI=1S/C17H25F2N3O5/c1-3-5-10(6-4-2)14(25)20-12-7-8-22(16(26)21-12)15-17(18,19)13(24)11(9-23)27-15/h7-8,10-11,13,15,23-24H,3-6,9H2,1-2H3,(H,20,21,25,26)/t11-,13?,15?/m1/s1. The van der Waals surface area contributed by atoms with Crippen molar-refractivity contribution in [2.75, 3.05) is 11.9 Å². The van der Waals surface area contributed by atoms with Crippen LogP contribution in [0.5, 0.6) is 0 Å². The number of aliphatic hydroxyl groups excluding tert-OH is 2. The van der Waals surface area contributed by atoms with E-state index in [1.54, 1.807) is 0 Å². The Labute approximate surface area is 155 Å². The second-order valence-corrected chi connectivity index (χ2v) is 6.59. The van der Waals surface area contributed by atoms with Gasteiger partial charge in [0.25, 0.3) is 0 Å². The van der Waals surface area contributed by atoms with Crippen LogP contribution < -0.4 is 11.0 Å². The average Bonchev–Trinajstić information content (AvgIpc) is 2.84. The molecule has 0 aromatic carbocycles. The number of rotatable bonds is 8. The fraction of sp³-hybridized carbons (Fsp3) is 0.706. The van der Waals surface area contributed by atoms with E-state index in [1.165, 1.54) is 6.07 Å². The molecule has 0 aliphatic carbocycles. The molecule has 1 fully saturated rings. The van der Waals surface area contributed by atoms with Gasteiger partial charge in [0.15, 0.2) is 6.10 Å². The summed E-state index contributed by atoms with van der Waals surface area (Å²) in [5.74, 6) is -4.32. The van der Waals surface area contributed by atoms with Gasteiger partial charge in [0.05, 0.1) is 6.61 Å². The van der Waals surface area contributed by atoms with Crippen LogP contribution in [0.4, 0.5) is 14.6 Å². The first-order valence-corrected chi connectivity index (χ1v) is 8.98. The summed E-state index contributed by atoms with van der Waals surface area (Å²) in [6.45, 7) is 3.11. The lowest BCUT2D eigenvalue weighted by Gasteiger charge is -2.21. The van der Waals surface area contributed by atoms with E-state index in [9.17, 15) is 23.5 Å². The Kier molecular flexibility index (Phi) is 7.01. The molecule has 27 heavy (non-hydrogen) atoms. The maximum absolute atomic E-state index is 14.1. The first kappa shape index (κ1) is 21.4. The Bertz CT molecular complexity index is 706. The van der Waals surface area contributed by atoms with Crippen molar-refractivity contribution in [2.24, 2.45) is 5.92 Å². The molecule has 8 nitrogen and oxygen atoms in total. The largest absolute Gasteiger partial charge is 0.394 e. The quantitative estimate of drug-likeness (QED) is 0.617. The Morgan fingerprint density at radius 2 is 2.04 bits per heavy atom. The van der Waals surface area contributed by atoms with Crippen LogP contribution in [0.3, 0.4) is 0 Å². The van der Waals surface area contributed by atoms with Crippen molar-refractivity contribution in [1.82, 2.24) is 9.55 Å². The highest BCUT2D eigenvalue weighted by molar-refractivity contribution is 5.91. The summed E-state index contributed by atoms with van der Waals surface area (Å²) in [6, 6.07) is 1.21. The van der Waals surface area contributed by atoms with E-state index in [2.05, 4.69) is 10.3 Å². The van der Waals surface area contributed by atoms with Crippen LogP contribution in [0.15, 0.2) is 17.1 Å². The number of halogens is 2. The lowest BCUT2D eigenvalue weighted by molar-refractivity contribution is -0.141. The van der Waals surface area contributed by atoms with E-state index < -0.39 is 36.7 Å². The number of hydrogen-bond acceptors (Lipinski definition) is 6. The van der Waals surface area contributed by atoms with Gasteiger partial charge in [-0.3, -0.25) is 9.36 Å². The molecule has 0 spiro atoms. The second-order valence-electron chi connectivity index (χ2n) is 6.59. The van der Waals surface area contributed by atoms with Crippen molar-refractivity contribution in [3.05, 3.63) is 22.7 Å². The SMILES string of the molecule is CCCC(CCC)C(=O)Nc1ccn(C2O[C@H](CO)C(O)C2(F)F)c(=O)n1. The van der Waals surface area contributed by atoms with Gasteiger partial charge in [0, 0.05) is 12.1 Å². The maximum Gasteiger partial charge on any atom is 0.351 e. The van der Waals surface area contributed by atoms with Gasteiger partial charge in [0.1, 0.15) is 11.9 Å². The highest BCUT2D eigenvalue weighted by Crippen LogP contribution is 2.41. The van der Waals surface area contributed by atoms with Crippen LogP contribution in [-0.2, 0) is 9.53 Å². The molecular formula is C17H25F2N3O5. The molecule has 2 heterocycles. The third-order valence-corrected chi connectivity index (χ3v) is 4.54. The third kappa shape index (κ3) is 4.50. The molecular weight excluding hydrogens is 364 g/mol. The molecule has 2 rings (SSSR count). The molecule has 0 radical (unpaired) electrons. The van der Waals surface area contributed by atoms with Gasteiger partial charge in [-0.05, 0) is 18.9 Å². The highest BCUT2D eigenvalue weighted by Gasteiger charge is 2.59. The van der Waals surface area contributed by atoms with Gasteiger partial charge in [-0.1, -0.05) is 26.7 Å².